The van der Waals surface area contributed by atoms with Gasteiger partial charge in [0.2, 0.25) is 0 Å². The van der Waals surface area contributed by atoms with Gasteiger partial charge in [-0.05, 0) is 56.6 Å². The van der Waals surface area contributed by atoms with Crippen LogP contribution in [0.15, 0.2) is 48.5 Å². The molecule has 1 amide bonds. The van der Waals surface area contributed by atoms with Crippen molar-refractivity contribution in [2.75, 3.05) is 32.6 Å². The molecular formula is C21H26N2O3. The predicted octanol–water partition coefficient (Wildman–Crippen LogP) is 4.40. The second-order valence-electron chi connectivity index (χ2n) is 6.60. The first-order chi connectivity index (χ1) is 12.7. The Labute approximate surface area is 154 Å². The Kier molecular flexibility index (Phi) is 6.12. The number of nitrogens with zero attached hydrogens (tertiary/aromatic N) is 1. The molecule has 3 rings (SSSR count). The van der Waals surface area contributed by atoms with Crippen LogP contribution in [-0.4, -0.2) is 44.3 Å². The molecule has 1 saturated heterocycles. The quantitative estimate of drug-likeness (QED) is 0.836. The van der Waals surface area contributed by atoms with Gasteiger partial charge in [0.15, 0.2) is 0 Å². The van der Waals surface area contributed by atoms with E-state index in [2.05, 4.69) is 17.3 Å². The van der Waals surface area contributed by atoms with Gasteiger partial charge in [-0.25, -0.2) is 4.79 Å². The van der Waals surface area contributed by atoms with Crippen LogP contribution in [0, 0.1) is 0 Å². The third-order valence-electron chi connectivity index (χ3n) is 4.92. The van der Waals surface area contributed by atoms with Crippen molar-refractivity contribution in [3.05, 3.63) is 48.5 Å². The number of ether oxygens (including phenoxy) is 2. The van der Waals surface area contributed by atoms with E-state index in [4.69, 9.17) is 9.47 Å². The third kappa shape index (κ3) is 4.55. The van der Waals surface area contributed by atoms with Crippen molar-refractivity contribution in [2.45, 2.75) is 25.3 Å². The number of rotatable bonds is 6. The Morgan fingerprint density at radius 3 is 2.65 bits per heavy atom. The first-order valence-corrected chi connectivity index (χ1v) is 9.05. The smallest absolute Gasteiger partial charge is 0.411 e. The Hall–Kier alpha value is -2.53. The first-order valence-electron chi connectivity index (χ1n) is 9.05. The van der Waals surface area contributed by atoms with Crippen LogP contribution >= 0.6 is 0 Å². The lowest BCUT2D eigenvalue weighted by molar-refractivity contribution is 0.147. The second kappa shape index (κ2) is 8.72. The van der Waals surface area contributed by atoms with Gasteiger partial charge in [-0.15, -0.1) is 0 Å². The molecule has 1 N–H and O–H groups in total. The second-order valence-corrected chi connectivity index (χ2v) is 6.60. The zero-order valence-electron chi connectivity index (χ0n) is 15.4. The molecule has 0 spiro atoms. The topological polar surface area (TPSA) is 50.8 Å². The van der Waals surface area contributed by atoms with Crippen molar-refractivity contribution in [1.29, 1.82) is 0 Å². The van der Waals surface area contributed by atoms with Gasteiger partial charge < -0.3 is 14.4 Å². The normalized spacial score (nSPS) is 17.1. The Morgan fingerprint density at radius 2 is 1.96 bits per heavy atom. The predicted molar refractivity (Wildman–Crippen MR) is 104 cm³/mol. The van der Waals surface area contributed by atoms with Gasteiger partial charge in [0, 0.05) is 11.6 Å². The average Bonchev–Trinajstić information content (AvgIpc) is 3.07. The maximum atomic E-state index is 12.2. The maximum absolute atomic E-state index is 12.2. The minimum Gasteiger partial charge on any atom is -0.497 e. The highest BCUT2D eigenvalue weighted by atomic mass is 16.5. The van der Waals surface area contributed by atoms with Gasteiger partial charge in [-0.1, -0.05) is 30.3 Å². The monoisotopic (exact) mass is 354 g/mol. The number of nitrogens with one attached hydrogen (secondary N) is 1. The number of carbonyl (C=O) groups excluding carboxylic acids is 1. The summed E-state index contributed by atoms with van der Waals surface area (Å²) in [6.45, 7) is 1.57. The van der Waals surface area contributed by atoms with Gasteiger partial charge in [0.1, 0.15) is 5.75 Å². The summed E-state index contributed by atoms with van der Waals surface area (Å²) in [6.07, 6.45) is 2.88. The highest BCUT2D eigenvalue weighted by molar-refractivity contribution is 5.91. The Morgan fingerprint density at radius 1 is 1.19 bits per heavy atom. The summed E-state index contributed by atoms with van der Waals surface area (Å²) in [5.41, 5.74) is 2.69. The molecule has 2 aromatic carbocycles. The van der Waals surface area contributed by atoms with Gasteiger partial charge in [-0.2, -0.15) is 0 Å². The number of hydrogen-bond acceptors (Lipinski definition) is 4. The number of anilines is 1. The van der Waals surface area contributed by atoms with Gasteiger partial charge in [0.25, 0.3) is 0 Å². The summed E-state index contributed by atoms with van der Waals surface area (Å²) >= 11 is 0. The molecule has 1 heterocycles. The lowest BCUT2D eigenvalue weighted by Gasteiger charge is -2.19. The zero-order chi connectivity index (χ0) is 18.4. The van der Waals surface area contributed by atoms with E-state index in [1.807, 2.05) is 48.5 Å². The van der Waals surface area contributed by atoms with E-state index >= 15 is 0 Å². The summed E-state index contributed by atoms with van der Waals surface area (Å²) in [7, 11) is 3.77. The van der Waals surface area contributed by atoms with Crippen LogP contribution in [0.3, 0.4) is 0 Å². The van der Waals surface area contributed by atoms with Crippen LogP contribution in [-0.2, 0) is 4.74 Å². The van der Waals surface area contributed by atoms with Crippen LogP contribution < -0.4 is 10.1 Å². The van der Waals surface area contributed by atoms with E-state index in [0.29, 0.717) is 12.6 Å². The van der Waals surface area contributed by atoms with Gasteiger partial charge in [-0.3, -0.25) is 5.32 Å². The molecule has 0 aromatic heterocycles. The Balaban J connectivity index is 1.59. The highest BCUT2D eigenvalue weighted by Gasteiger charge is 2.20. The maximum Gasteiger partial charge on any atom is 0.411 e. The molecular weight excluding hydrogens is 328 g/mol. The number of methoxy groups -OCH3 is 1. The SMILES string of the molecule is COc1ccc(-c2ccccc2NC(=O)OCCC2CCCN2C)cc1. The molecule has 0 bridgehead atoms. The van der Waals surface area contributed by atoms with Crippen LogP contribution in [0.25, 0.3) is 11.1 Å². The molecule has 1 unspecified atom stereocenters. The Bertz CT molecular complexity index is 730. The highest BCUT2D eigenvalue weighted by Crippen LogP contribution is 2.29. The summed E-state index contributed by atoms with van der Waals surface area (Å²) < 4.78 is 10.6. The van der Waals surface area contributed by atoms with E-state index in [0.717, 1.165) is 35.5 Å². The number of carbonyl (C=O) groups is 1. The van der Waals surface area contributed by atoms with E-state index < -0.39 is 6.09 Å². The summed E-state index contributed by atoms with van der Waals surface area (Å²) in [6, 6.07) is 16.0. The molecule has 26 heavy (non-hydrogen) atoms. The molecule has 5 nitrogen and oxygen atoms in total. The standard InChI is InChI=1S/C21H26N2O3/c1-23-14-5-6-17(23)13-15-26-21(24)22-20-8-4-3-7-19(20)16-9-11-18(25-2)12-10-16/h3-4,7-12,17H,5-6,13-15H2,1-2H3,(H,22,24). The van der Waals surface area contributed by atoms with Crippen molar-refractivity contribution >= 4 is 11.8 Å². The van der Waals surface area contributed by atoms with Crippen LogP contribution in [0.2, 0.25) is 0 Å². The summed E-state index contributed by atoms with van der Waals surface area (Å²) in [5, 5.41) is 2.87. The molecule has 1 aliphatic heterocycles. The molecule has 0 aliphatic carbocycles. The molecule has 0 radical (unpaired) electrons. The van der Waals surface area contributed by atoms with Crippen molar-refractivity contribution in [3.8, 4) is 16.9 Å². The van der Waals surface area contributed by atoms with E-state index in [1.165, 1.54) is 12.8 Å². The number of hydrogen-bond donors (Lipinski definition) is 1. The van der Waals surface area contributed by atoms with Crippen LogP contribution in [0.5, 0.6) is 5.75 Å². The number of para-hydroxylation sites is 1. The molecule has 1 atom stereocenters. The molecule has 2 aromatic rings. The van der Waals surface area contributed by atoms with Crippen molar-refractivity contribution < 1.29 is 14.3 Å². The lowest BCUT2D eigenvalue weighted by atomic mass is 10.0. The zero-order valence-corrected chi connectivity index (χ0v) is 15.4. The lowest BCUT2D eigenvalue weighted by Crippen LogP contribution is -2.27. The molecule has 1 fully saturated rings. The first kappa shape index (κ1) is 18.3. The number of benzene rings is 2. The van der Waals surface area contributed by atoms with Crippen molar-refractivity contribution in [2.24, 2.45) is 0 Å². The molecule has 1 aliphatic rings. The van der Waals surface area contributed by atoms with E-state index in [1.54, 1.807) is 7.11 Å². The van der Waals surface area contributed by atoms with Crippen LogP contribution in [0.4, 0.5) is 10.5 Å². The molecule has 0 saturated carbocycles. The molecule has 138 valence electrons. The number of amides is 1. The molecule has 5 heteroatoms. The minimum absolute atomic E-state index is 0.411. The van der Waals surface area contributed by atoms with Crippen LogP contribution in [0.1, 0.15) is 19.3 Å². The average molecular weight is 354 g/mol. The third-order valence-corrected chi connectivity index (χ3v) is 4.92. The van der Waals surface area contributed by atoms with Crippen molar-refractivity contribution in [1.82, 2.24) is 4.90 Å². The summed E-state index contributed by atoms with van der Waals surface area (Å²) in [4.78, 5) is 14.5. The van der Waals surface area contributed by atoms with E-state index in [-0.39, 0.29) is 0 Å². The fraction of sp³-hybridized carbons (Fsp3) is 0.381. The van der Waals surface area contributed by atoms with Gasteiger partial charge >= 0.3 is 6.09 Å². The largest absolute Gasteiger partial charge is 0.497 e. The van der Waals surface area contributed by atoms with Gasteiger partial charge in [0.05, 0.1) is 19.4 Å². The van der Waals surface area contributed by atoms with E-state index in [9.17, 15) is 4.79 Å². The summed E-state index contributed by atoms with van der Waals surface area (Å²) in [5.74, 6) is 0.801. The van der Waals surface area contributed by atoms with Crippen molar-refractivity contribution in [3.63, 3.8) is 0 Å². The fourth-order valence-electron chi connectivity index (χ4n) is 3.39. The minimum atomic E-state index is -0.411. The fourth-order valence-corrected chi connectivity index (χ4v) is 3.39. The number of likely N-dealkylation sites (tertiary alicyclic amines) is 1.